The molecular weight excluding hydrogens is 330 g/mol. The number of fused-ring (bicyclic) bond motifs is 4. The Hall–Kier alpha value is -3.13. The van der Waals surface area contributed by atoms with Gasteiger partial charge in [0.15, 0.2) is 6.20 Å². The van der Waals surface area contributed by atoms with Crippen molar-refractivity contribution in [3.8, 4) is 11.3 Å². The van der Waals surface area contributed by atoms with E-state index >= 15 is 0 Å². The first kappa shape index (κ1) is 16.1. The molecule has 5 aromatic rings. The summed E-state index contributed by atoms with van der Waals surface area (Å²) in [6.45, 7) is 4.34. The molecule has 0 aliphatic heterocycles. The molecule has 27 heavy (non-hydrogen) atoms. The minimum atomic E-state index is 0.948. The van der Waals surface area contributed by atoms with Gasteiger partial charge in [0.2, 0.25) is 5.69 Å². The lowest BCUT2D eigenvalue weighted by Gasteiger charge is -2.06. The SMILES string of the molecule is CCc1ccc(-c2c(C)ccc3c2oc2cc4ccccc4cc23)[n+](C)c1. The molecule has 0 aliphatic rings. The van der Waals surface area contributed by atoms with Gasteiger partial charge < -0.3 is 4.42 Å². The standard InChI is InChI=1S/C25H22NO/c1-4-17-10-12-22(26(3)15-17)24-16(2)9-11-20-21-13-18-7-5-6-8-19(18)14-23(21)27-25(20)24/h5-15H,4H2,1-3H3/q+1. The fraction of sp³-hybridized carbons (Fsp3) is 0.160. The first-order valence-corrected chi connectivity index (χ1v) is 9.49. The Bertz CT molecular complexity index is 1330. The van der Waals surface area contributed by atoms with Crippen LogP contribution >= 0.6 is 0 Å². The molecule has 0 saturated heterocycles. The van der Waals surface area contributed by atoms with Crippen molar-refractivity contribution < 1.29 is 8.98 Å². The summed E-state index contributed by atoms with van der Waals surface area (Å²) in [4.78, 5) is 0. The Morgan fingerprint density at radius 1 is 0.889 bits per heavy atom. The number of benzene rings is 3. The highest BCUT2D eigenvalue weighted by atomic mass is 16.3. The Morgan fingerprint density at radius 2 is 1.67 bits per heavy atom. The third-order valence-corrected chi connectivity index (χ3v) is 5.58. The highest BCUT2D eigenvalue weighted by Crippen LogP contribution is 2.38. The maximum atomic E-state index is 6.43. The number of hydrogen-bond donors (Lipinski definition) is 0. The summed E-state index contributed by atoms with van der Waals surface area (Å²) < 4.78 is 8.64. The van der Waals surface area contributed by atoms with Crippen LogP contribution < -0.4 is 4.57 Å². The molecular formula is C25H22NO+. The van der Waals surface area contributed by atoms with Gasteiger partial charge in [-0.3, -0.25) is 0 Å². The fourth-order valence-electron chi connectivity index (χ4n) is 4.08. The molecule has 2 aromatic heterocycles. The molecule has 2 heterocycles. The van der Waals surface area contributed by atoms with Crippen molar-refractivity contribution in [2.45, 2.75) is 20.3 Å². The molecule has 0 amide bonds. The van der Waals surface area contributed by atoms with Crippen LogP contribution in [0.4, 0.5) is 0 Å². The first-order valence-electron chi connectivity index (χ1n) is 9.49. The van der Waals surface area contributed by atoms with Gasteiger partial charge in [-0.2, -0.15) is 0 Å². The van der Waals surface area contributed by atoms with E-state index in [1.54, 1.807) is 0 Å². The molecule has 0 N–H and O–H groups in total. The quantitative estimate of drug-likeness (QED) is 0.351. The fourth-order valence-corrected chi connectivity index (χ4v) is 4.08. The zero-order valence-electron chi connectivity index (χ0n) is 15.9. The topological polar surface area (TPSA) is 17.0 Å². The summed E-state index contributed by atoms with van der Waals surface area (Å²) in [7, 11) is 2.11. The van der Waals surface area contributed by atoms with E-state index in [-0.39, 0.29) is 0 Å². The lowest BCUT2D eigenvalue weighted by atomic mass is 9.99. The van der Waals surface area contributed by atoms with E-state index in [1.807, 2.05) is 0 Å². The van der Waals surface area contributed by atoms with Crippen LogP contribution in [0.2, 0.25) is 0 Å². The van der Waals surface area contributed by atoms with Gasteiger partial charge in [-0.1, -0.05) is 43.3 Å². The van der Waals surface area contributed by atoms with E-state index in [1.165, 1.54) is 43.9 Å². The molecule has 0 atom stereocenters. The predicted molar refractivity (Wildman–Crippen MR) is 112 cm³/mol. The summed E-state index contributed by atoms with van der Waals surface area (Å²) in [5, 5.41) is 4.81. The zero-order chi connectivity index (χ0) is 18.5. The van der Waals surface area contributed by atoms with Crippen LogP contribution in [-0.2, 0) is 13.5 Å². The summed E-state index contributed by atoms with van der Waals surface area (Å²) in [5.41, 5.74) is 6.84. The highest BCUT2D eigenvalue weighted by Gasteiger charge is 2.20. The minimum Gasteiger partial charge on any atom is -0.455 e. The van der Waals surface area contributed by atoms with Crippen LogP contribution in [0, 0.1) is 6.92 Å². The van der Waals surface area contributed by atoms with Crippen molar-refractivity contribution in [3.05, 3.63) is 78.0 Å². The van der Waals surface area contributed by atoms with Crippen molar-refractivity contribution in [3.63, 3.8) is 0 Å². The van der Waals surface area contributed by atoms with E-state index in [0.717, 1.165) is 17.6 Å². The van der Waals surface area contributed by atoms with Gasteiger partial charge in [-0.25, -0.2) is 4.57 Å². The Labute approximate surface area is 158 Å². The van der Waals surface area contributed by atoms with Gasteiger partial charge in [-0.15, -0.1) is 0 Å². The molecule has 5 rings (SSSR count). The maximum absolute atomic E-state index is 6.43. The summed E-state index contributed by atoms with van der Waals surface area (Å²) >= 11 is 0. The van der Waals surface area contributed by atoms with Crippen LogP contribution in [0.1, 0.15) is 18.1 Å². The molecule has 0 spiro atoms. The Balaban J connectivity index is 1.87. The molecule has 0 radical (unpaired) electrons. The first-order chi connectivity index (χ1) is 13.2. The largest absolute Gasteiger partial charge is 0.455 e. The van der Waals surface area contributed by atoms with Crippen molar-refractivity contribution in [1.29, 1.82) is 0 Å². The second-order valence-corrected chi connectivity index (χ2v) is 7.32. The van der Waals surface area contributed by atoms with Gasteiger partial charge in [0, 0.05) is 22.4 Å². The van der Waals surface area contributed by atoms with Crippen molar-refractivity contribution >= 4 is 32.7 Å². The molecule has 3 aromatic carbocycles. The van der Waals surface area contributed by atoms with E-state index in [9.17, 15) is 0 Å². The maximum Gasteiger partial charge on any atom is 0.216 e. The number of furan rings is 1. The Morgan fingerprint density at radius 3 is 2.41 bits per heavy atom. The lowest BCUT2D eigenvalue weighted by Crippen LogP contribution is -2.31. The third-order valence-electron chi connectivity index (χ3n) is 5.58. The molecule has 2 heteroatoms. The summed E-state index contributed by atoms with van der Waals surface area (Å²) in [5.74, 6) is 0. The van der Waals surface area contributed by atoms with Crippen molar-refractivity contribution in [2.24, 2.45) is 7.05 Å². The molecule has 0 bridgehead atoms. The van der Waals surface area contributed by atoms with E-state index in [2.05, 4.69) is 92.3 Å². The van der Waals surface area contributed by atoms with Gasteiger partial charge in [0.1, 0.15) is 18.2 Å². The molecule has 0 unspecified atom stereocenters. The average molecular weight is 352 g/mol. The molecule has 2 nitrogen and oxygen atoms in total. The van der Waals surface area contributed by atoms with Crippen LogP contribution in [0.25, 0.3) is 44.0 Å². The third kappa shape index (κ3) is 2.44. The number of aromatic nitrogens is 1. The zero-order valence-corrected chi connectivity index (χ0v) is 15.9. The van der Waals surface area contributed by atoms with Gasteiger partial charge in [0.05, 0.1) is 5.56 Å². The monoisotopic (exact) mass is 352 g/mol. The lowest BCUT2D eigenvalue weighted by molar-refractivity contribution is -0.660. The average Bonchev–Trinajstić information content (AvgIpc) is 3.04. The highest BCUT2D eigenvalue weighted by molar-refractivity contribution is 6.13. The van der Waals surface area contributed by atoms with E-state index < -0.39 is 0 Å². The minimum absolute atomic E-state index is 0.948. The summed E-state index contributed by atoms with van der Waals surface area (Å²) in [6.07, 6.45) is 3.25. The number of nitrogens with zero attached hydrogens (tertiary/aromatic N) is 1. The number of hydrogen-bond acceptors (Lipinski definition) is 1. The van der Waals surface area contributed by atoms with Crippen molar-refractivity contribution in [1.82, 2.24) is 0 Å². The number of aryl methyl sites for hydroxylation is 3. The predicted octanol–water partition coefficient (Wildman–Crippen LogP) is 6.10. The summed E-state index contributed by atoms with van der Waals surface area (Å²) in [6, 6.07) is 21.7. The molecule has 0 fully saturated rings. The van der Waals surface area contributed by atoms with Gasteiger partial charge >= 0.3 is 0 Å². The van der Waals surface area contributed by atoms with Crippen LogP contribution in [0.15, 0.2) is 71.3 Å². The smallest absolute Gasteiger partial charge is 0.216 e. The second-order valence-electron chi connectivity index (χ2n) is 7.32. The normalized spacial score (nSPS) is 11.7. The number of pyridine rings is 1. The Kier molecular flexibility index (Phi) is 3.54. The van der Waals surface area contributed by atoms with E-state index in [4.69, 9.17) is 4.42 Å². The van der Waals surface area contributed by atoms with Gasteiger partial charge in [0.25, 0.3) is 0 Å². The van der Waals surface area contributed by atoms with Crippen LogP contribution in [-0.4, -0.2) is 0 Å². The van der Waals surface area contributed by atoms with Gasteiger partial charge in [-0.05, 0) is 47.9 Å². The molecule has 0 aliphatic carbocycles. The van der Waals surface area contributed by atoms with Crippen LogP contribution in [0.5, 0.6) is 0 Å². The molecule has 132 valence electrons. The second kappa shape index (κ2) is 5.95. The molecule has 0 saturated carbocycles. The number of rotatable bonds is 2. The van der Waals surface area contributed by atoms with E-state index in [0.29, 0.717) is 0 Å². The van der Waals surface area contributed by atoms with Crippen molar-refractivity contribution in [2.75, 3.05) is 0 Å². The van der Waals surface area contributed by atoms with Crippen LogP contribution in [0.3, 0.4) is 0 Å².